The van der Waals surface area contributed by atoms with Crippen LogP contribution in [-0.2, 0) is 23.7 Å². The molecule has 0 aromatic carbocycles. The number of nitrogens with one attached hydrogen (secondary N) is 1. The van der Waals surface area contributed by atoms with E-state index in [9.17, 15) is 14.7 Å². The molecule has 2 rings (SSSR count). The van der Waals surface area contributed by atoms with Crippen LogP contribution in [0, 0.1) is 5.92 Å². The van der Waals surface area contributed by atoms with Crippen molar-refractivity contribution in [1.82, 2.24) is 10.2 Å². The van der Waals surface area contributed by atoms with E-state index < -0.39 is 12.2 Å². The topological polar surface area (TPSA) is 107 Å². The lowest BCUT2D eigenvalue weighted by atomic mass is 9.88. The first-order valence-electron chi connectivity index (χ1n) is 14.4. The predicted molar refractivity (Wildman–Crippen MR) is 151 cm³/mol. The molecule has 2 fully saturated rings. The fraction of sp³-hybridized carbons (Fsp3) is 0.733. The van der Waals surface area contributed by atoms with Gasteiger partial charge in [-0.2, -0.15) is 0 Å². The van der Waals surface area contributed by atoms with Crippen LogP contribution < -0.4 is 5.32 Å². The lowest BCUT2D eigenvalue weighted by Gasteiger charge is -2.39. The third-order valence-electron chi connectivity index (χ3n) is 7.26. The van der Waals surface area contributed by atoms with Crippen LogP contribution in [0.25, 0.3) is 0 Å². The minimum absolute atomic E-state index is 0.0660. The molecule has 2 aliphatic rings. The van der Waals surface area contributed by atoms with E-state index >= 15 is 0 Å². The van der Waals surface area contributed by atoms with Gasteiger partial charge in [-0.15, -0.1) is 0 Å². The first kappa shape index (κ1) is 33.0. The molecule has 9 nitrogen and oxygen atoms in total. The van der Waals surface area contributed by atoms with Gasteiger partial charge >= 0.3 is 6.09 Å². The standard InChI is InChI=1S/C30H50N2O7/c1-7-23(4)37-26(14-17-33)11-8-21(2)9-12-28-22(3)20-27(25(6)39-28)31-29(34)13-10-24(5)38-30(35)32-15-18-36-19-16-32/h8-11,13,22-28,33H,7,12,14-20H2,1-6H3,(H,31,34)/b11-8+,13-10-,21-9+/t22-,23-,24-,25+,26+,27+,28-/m0/s1. The van der Waals surface area contributed by atoms with Crippen LogP contribution in [0.2, 0.25) is 0 Å². The van der Waals surface area contributed by atoms with Crippen LogP contribution in [0.3, 0.4) is 0 Å². The number of aliphatic hydroxyl groups excluding tert-OH is 1. The Hall–Kier alpha value is -2.20. The summed E-state index contributed by atoms with van der Waals surface area (Å²) in [5.74, 6) is 0.0427. The fourth-order valence-corrected chi connectivity index (χ4v) is 4.55. The van der Waals surface area contributed by atoms with Crippen molar-refractivity contribution in [2.75, 3.05) is 32.9 Å². The van der Waals surface area contributed by atoms with Crippen LogP contribution in [0.1, 0.15) is 67.2 Å². The summed E-state index contributed by atoms with van der Waals surface area (Å²) >= 11 is 0. The molecule has 0 unspecified atom stereocenters. The van der Waals surface area contributed by atoms with E-state index in [-0.39, 0.29) is 48.9 Å². The predicted octanol–water partition coefficient (Wildman–Crippen LogP) is 4.16. The van der Waals surface area contributed by atoms with E-state index in [0.29, 0.717) is 32.7 Å². The number of nitrogens with zero attached hydrogens (tertiary/aromatic N) is 1. The zero-order valence-electron chi connectivity index (χ0n) is 24.6. The fourth-order valence-electron chi connectivity index (χ4n) is 4.55. The molecule has 0 aromatic rings. The molecule has 0 spiro atoms. The van der Waals surface area contributed by atoms with Gasteiger partial charge in [0.2, 0.25) is 5.91 Å². The highest BCUT2D eigenvalue weighted by Gasteiger charge is 2.33. The van der Waals surface area contributed by atoms with E-state index in [0.717, 1.165) is 24.8 Å². The highest BCUT2D eigenvalue weighted by atomic mass is 16.6. The van der Waals surface area contributed by atoms with Crippen molar-refractivity contribution in [3.05, 3.63) is 36.0 Å². The smallest absolute Gasteiger partial charge is 0.410 e. The lowest BCUT2D eigenvalue weighted by Crippen LogP contribution is -2.50. The number of allylic oxidation sites excluding steroid dienone is 2. The van der Waals surface area contributed by atoms with Crippen molar-refractivity contribution in [1.29, 1.82) is 0 Å². The molecule has 9 heteroatoms. The number of hydrogen-bond donors (Lipinski definition) is 2. The third-order valence-corrected chi connectivity index (χ3v) is 7.26. The summed E-state index contributed by atoms with van der Waals surface area (Å²) in [6, 6.07) is -0.0958. The molecule has 2 N–H and O–H groups in total. The van der Waals surface area contributed by atoms with Gasteiger partial charge in [0.1, 0.15) is 6.10 Å². The summed E-state index contributed by atoms with van der Waals surface area (Å²) in [5.41, 5.74) is 1.12. The molecule has 0 saturated carbocycles. The zero-order valence-corrected chi connectivity index (χ0v) is 24.6. The second kappa shape index (κ2) is 17.5. The second-order valence-corrected chi connectivity index (χ2v) is 10.7. The molecule has 39 heavy (non-hydrogen) atoms. The van der Waals surface area contributed by atoms with Crippen LogP contribution in [0.15, 0.2) is 36.0 Å². The SMILES string of the molecule is CC[C@H](C)O[C@H](/C=C/C(C)=C/C[C@@H]1O[C@H](C)[C@H](NC(=O)/C=C\[C@H](C)OC(=O)N2CCOCC2)C[C@@H]1C)CCO. The van der Waals surface area contributed by atoms with Crippen molar-refractivity contribution in [2.24, 2.45) is 5.92 Å². The first-order chi connectivity index (χ1) is 18.6. The molecular formula is C30H50N2O7. The lowest BCUT2D eigenvalue weighted by molar-refractivity contribution is -0.123. The summed E-state index contributed by atoms with van der Waals surface area (Å²) < 4.78 is 22.9. The number of aliphatic hydroxyl groups is 1. The van der Waals surface area contributed by atoms with Crippen LogP contribution in [-0.4, -0.2) is 91.5 Å². The number of rotatable bonds is 13. The molecule has 0 aliphatic carbocycles. The van der Waals surface area contributed by atoms with Gasteiger partial charge in [0, 0.05) is 32.2 Å². The molecule has 222 valence electrons. The summed E-state index contributed by atoms with van der Waals surface area (Å²) in [6.07, 6.45) is 11.5. The Labute approximate surface area is 234 Å². The van der Waals surface area contributed by atoms with Gasteiger partial charge < -0.3 is 34.3 Å². The molecular weight excluding hydrogens is 500 g/mol. The first-order valence-corrected chi connectivity index (χ1v) is 14.4. The molecule has 2 aliphatic heterocycles. The van der Waals surface area contributed by atoms with E-state index in [2.05, 4.69) is 32.2 Å². The summed E-state index contributed by atoms with van der Waals surface area (Å²) in [7, 11) is 0. The van der Waals surface area contributed by atoms with E-state index in [1.54, 1.807) is 17.9 Å². The zero-order chi connectivity index (χ0) is 28.8. The van der Waals surface area contributed by atoms with Crippen molar-refractivity contribution >= 4 is 12.0 Å². The van der Waals surface area contributed by atoms with Crippen LogP contribution in [0.5, 0.6) is 0 Å². The summed E-state index contributed by atoms with van der Waals surface area (Å²) in [6.45, 7) is 14.2. The van der Waals surface area contributed by atoms with Gasteiger partial charge in [0.05, 0.1) is 43.7 Å². The molecule has 0 bridgehead atoms. The molecule has 2 amide bonds. The Morgan fingerprint density at radius 3 is 2.54 bits per heavy atom. The maximum absolute atomic E-state index is 12.5. The van der Waals surface area contributed by atoms with Gasteiger partial charge in [-0.25, -0.2) is 4.79 Å². The van der Waals surface area contributed by atoms with Crippen molar-refractivity contribution in [3.63, 3.8) is 0 Å². The second-order valence-electron chi connectivity index (χ2n) is 10.7. The average Bonchev–Trinajstić information content (AvgIpc) is 2.92. The van der Waals surface area contributed by atoms with Gasteiger partial charge in [-0.1, -0.05) is 37.6 Å². The molecule has 2 heterocycles. The number of carbonyl (C=O) groups is 2. The Morgan fingerprint density at radius 1 is 1.15 bits per heavy atom. The highest BCUT2D eigenvalue weighted by molar-refractivity contribution is 5.87. The van der Waals surface area contributed by atoms with Gasteiger partial charge in [0.25, 0.3) is 0 Å². The summed E-state index contributed by atoms with van der Waals surface area (Å²) in [5, 5.41) is 12.4. The van der Waals surface area contributed by atoms with Gasteiger partial charge in [0.15, 0.2) is 0 Å². The molecule has 0 aromatic heterocycles. The quantitative estimate of drug-likeness (QED) is 0.262. The van der Waals surface area contributed by atoms with E-state index in [4.69, 9.17) is 18.9 Å². The number of hydrogen-bond acceptors (Lipinski definition) is 7. The third kappa shape index (κ3) is 12.2. The van der Waals surface area contributed by atoms with E-state index in [1.807, 2.05) is 26.0 Å². The van der Waals surface area contributed by atoms with Crippen LogP contribution in [0.4, 0.5) is 4.79 Å². The Balaban J connectivity index is 1.80. The maximum atomic E-state index is 12.5. The highest BCUT2D eigenvalue weighted by Crippen LogP contribution is 2.28. The van der Waals surface area contributed by atoms with Crippen molar-refractivity contribution in [3.8, 4) is 0 Å². The van der Waals surface area contributed by atoms with Crippen molar-refractivity contribution < 1.29 is 33.6 Å². The summed E-state index contributed by atoms with van der Waals surface area (Å²) in [4.78, 5) is 26.3. The largest absolute Gasteiger partial charge is 0.442 e. The Morgan fingerprint density at radius 2 is 1.87 bits per heavy atom. The Bertz CT molecular complexity index is 837. The Kier molecular flexibility index (Phi) is 14.8. The minimum Gasteiger partial charge on any atom is -0.442 e. The molecule has 2 saturated heterocycles. The average molecular weight is 551 g/mol. The van der Waals surface area contributed by atoms with Crippen LogP contribution >= 0.6 is 0 Å². The number of morpholine rings is 1. The van der Waals surface area contributed by atoms with Crippen molar-refractivity contribution in [2.45, 2.75) is 104 Å². The number of carbonyl (C=O) groups excluding carboxylic acids is 2. The minimum atomic E-state index is -0.515. The van der Waals surface area contributed by atoms with Gasteiger partial charge in [-0.3, -0.25) is 4.79 Å². The molecule has 0 radical (unpaired) electrons. The normalized spacial score (nSPS) is 26.9. The number of amides is 2. The monoisotopic (exact) mass is 550 g/mol. The van der Waals surface area contributed by atoms with E-state index in [1.165, 1.54) is 6.08 Å². The van der Waals surface area contributed by atoms with Gasteiger partial charge in [-0.05, 0) is 59.0 Å². The number of ether oxygens (including phenoxy) is 4. The maximum Gasteiger partial charge on any atom is 0.410 e. The molecule has 7 atom stereocenters.